The van der Waals surface area contributed by atoms with Crippen LogP contribution in [0.3, 0.4) is 0 Å². The van der Waals surface area contributed by atoms with Crippen molar-refractivity contribution in [1.82, 2.24) is 5.32 Å². The monoisotopic (exact) mass is 299 g/mol. The number of phenolic OH excluding ortho intramolecular Hbond substituents is 1. The average molecular weight is 300 g/mol. The normalized spacial score (nSPS) is 10.4. The molecule has 1 amide bonds. The number of nitrogens with one attached hydrogen (secondary N) is 1. The first kappa shape index (κ1) is 16.1. The highest BCUT2D eigenvalue weighted by Crippen LogP contribution is 2.24. The lowest BCUT2D eigenvalue weighted by molar-refractivity contribution is 0.0535. The number of ether oxygens (including phenoxy) is 1. The number of benzene rings is 1. The zero-order chi connectivity index (χ0) is 15.3. The van der Waals surface area contributed by atoms with Crippen molar-refractivity contribution >= 4 is 17.7 Å². The molecule has 1 aromatic rings. The molecule has 0 aliphatic rings. The summed E-state index contributed by atoms with van der Waals surface area (Å²) in [5.41, 5.74) is -0.535. The van der Waals surface area contributed by atoms with Crippen LogP contribution in [-0.2, 0) is 4.74 Å². The second kappa shape index (κ2) is 6.49. The molecule has 0 aliphatic carbocycles. The molecule has 20 heavy (non-hydrogen) atoms. The summed E-state index contributed by atoms with van der Waals surface area (Å²) in [6.07, 6.45) is -0.603. The minimum Gasteiger partial charge on any atom is -0.504 e. The molecule has 0 spiro atoms. The predicted octanol–water partition coefficient (Wildman–Crippen LogP) is 3.06. The highest BCUT2D eigenvalue weighted by atomic mass is 35.5. The Labute approximate surface area is 121 Å². The Morgan fingerprint density at radius 1 is 1.50 bits per heavy atom. The Morgan fingerprint density at radius 2 is 2.15 bits per heavy atom. The van der Waals surface area contributed by atoms with Crippen molar-refractivity contribution in [1.29, 1.82) is 0 Å². The highest BCUT2D eigenvalue weighted by molar-refractivity contribution is 6.30. The number of rotatable bonds is 1. The Balaban J connectivity index is 2.62. The van der Waals surface area contributed by atoms with E-state index in [9.17, 15) is 14.3 Å². The number of alkyl carbamates (subject to hydrolysis) is 1. The number of carbonyl (C=O) groups is 1. The van der Waals surface area contributed by atoms with Crippen LogP contribution in [0.15, 0.2) is 12.1 Å². The van der Waals surface area contributed by atoms with Crippen LogP contribution in [0.5, 0.6) is 5.75 Å². The molecule has 0 saturated carbocycles. The van der Waals surface area contributed by atoms with E-state index in [1.54, 1.807) is 20.8 Å². The summed E-state index contributed by atoms with van der Waals surface area (Å²) in [6, 6.07) is 2.32. The van der Waals surface area contributed by atoms with Crippen LogP contribution in [-0.4, -0.2) is 23.3 Å². The van der Waals surface area contributed by atoms with Gasteiger partial charge in [0.25, 0.3) is 0 Å². The fourth-order valence-electron chi connectivity index (χ4n) is 1.23. The minimum atomic E-state index is -0.845. The quantitative estimate of drug-likeness (QED) is 0.784. The van der Waals surface area contributed by atoms with Gasteiger partial charge in [-0.15, -0.1) is 0 Å². The van der Waals surface area contributed by atoms with Gasteiger partial charge in [0.1, 0.15) is 5.60 Å². The Hall–Kier alpha value is -1.93. The van der Waals surface area contributed by atoms with Crippen LogP contribution in [0, 0.1) is 17.7 Å². The molecule has 0 bridgehead atoms. The lowest BCUT2D eigenvalue weighted by Crippen LogP contribution is -2.32. The molecule has 0 aliphatic heterocycles. The van der Waals surface area contributed by atoms with E-state index in [2.05, 4.69) is 17.2 Å². The summed E-state index contributed by atoms with van der Waals surface area (Å²) in [4.78, 5) is 11.3. The van der Waals surface area contributed by atoms with Gasteiger partial charge in [-0.2, -0.15) is 0 Å². The standard InChI is InChI=1S/C14H15ClFNO3/c1-14(2,3)20-13(19)17-6-4-5-9-7-10(15)8-11(16)12(9)18/h7-8,18H,6H2,1-3H3,(H,17,19). The fourth-order valence-corrected chi connectivity index (χ4v) is 1.44. The van der Waals surface area contributed by atoms with Crippen molar-refractivity contribution in [2.24, 2.45) is 0 Å². The summed E-state index contributed by atoms with van der Waals surface area (Å²) < 4.78 is 18.2. The largest absolute Gasteiger partial charge is 0.504 e. The maximum Gasteiger partial charge on any atom is 0.408 e. The molecule has 6 heteroatoms. The van der Waals surface area contributed by atoms with Crippen molar-refractivity contribution < 1.29 is 19.0 Å². The van der Waals surface area contributed by atoms with Gasteiger partial charge in [0.2, 0.25) is 0 Å². The summed E-state index contributed by atoms with van der Waals surface area (Å²) in [6.45, 7) is 5.23. The van der Waals surface area contributed by atoms with Crippen LogP contribution in [0.2, 0.25) is 5.02 Å². The number of carbonyl (C=O) groups excluding carboxylic acids is 1. The lowest BCUT2D eigenvalue weighted by atomic mass is 10.2. The van der Waals surface area contributed by atoms with Crippen molar-refractivity contribution in [3.63, 3.8) is 0 Å². The summed E-state index contributed by atoms with van der Waals surface area (Å²) in [5, 5.41) is 12.0. The molecule has 0 aromatic heterocycles. The van der Waals surface area contributed by atoms with Gasteiger partial charge < -0.3 is 15.2 Å². The number of halogens is 2. The van der Waals surface area contributed by atoms with Gasteiger partial charge in [-0.05, 0) is 32.9 Å². The molecule has 0 unspecified atom stereocenters. The first-order chi connectivity index (χ1) is 9.19. The lowest BCUT2D eigenvalue weighted by Gasteiger charge is -2.19. The van der Waals surface area contributed by atoms with Crippen LogP contribution >= 0.6 is 11.6 Å². The van der Waals surface area contributed by atoms with E-state index in [1.807, 2.05) is 0 Å². The number of hydrogen-bond donors (Lipinski definition) is 2. The maximum atomic E-state index is 13.2. The first-order valence-corrected chi connectivity index (χ1v) is 6.20. The van der Waals surface area contributed by atoms with Gasteiger partial charge in [-0.1, -0.05) is 23.4 Å². The van der Waals surface area contributed by atoms with Crippen LogP contribution in [0.1, 0.15) is 26.3 Å². The van der Waals surface area contributed by atoms with Gasteiger partial charge in [0, 0.05) is 5.02 Å². The molecule has 0 heterocycles. The smallest absolute Gasteiger partial charge is 0.408 e. The van der Waals surface area contributed by atoms with Crippen molar-refractivity contribution in [2.75, 3.05) is 6.54 Å². The summed E-state index contributed by atoms with van der Waals surface area (Å²) in [7, 11) is 0. The fraction of sp³-hybridized carbons (Fsp3) is 0.357. The third-order valence-corrected chi connectivity index (χ3v) is 2.19. The van der Waals surface area contributed by atoms with Gasteiger partial charge in [-0.25, -0.2) is 9.18 Å². The maximum absolute atomic E-state index is 13.2. The molecule has 0 atom stereocenters. The van der Waals surface area contributed by atoms with E-state index in [0.717, 1.165) is 6.07 Å². The number of amides is 1. The van der Waals surface area contributed by atoms with E-state index in [-0.39, 0.29) is 17.1 Å². The molecule has 0 fully saturated rings. The number of hydrogen-bond acceptors (Lipinski definition) is 3. The van der Waals surface area contributed by atoms with Gasteiger partial charge in [-0.3, -0.25) is 0 Å². The van der Waals surface area contributed by atoms with Gasteiger partial charge in [0.05, 0.1) is 12.1 Å². The first-order valence-electron chi connectivity index (χ1n) is 5.83. The van der Waals surface area contributed by atoms with Crippen LogP contribution in [0.4, 0.5) is 9.18 Å². The summed E-state index contributed by atoms with van der Waals surface area (Å²) in [5.74, 6) is 3.67. The molecular formula is C14H15ClFNO3. The topological polar surface area (TPSA) is 58.6 Å². The van der Waals surface area contributed by atoms with Crippen LogP contribution < -0.4 is 5.32 Å². The van der Waals surface area contributed by atoms with E-state index < -0.39 is 23.3 Å². The third kappa shape index (κ3) is 5.37. The van der Waals surface area contributed by atoms with Crippen molar-refractivity contribution in [2.45, 2.75) is 26.4 Å². The molecule has 1 aromatic carbocycles. The number of phenols is 1. The molecule has 108 valence electrons. The van der Waals surface area contributed by atoms with E-state index in [0.29, 0.717) is 0 Å². The van der Waals surface area contributed by atoms with E-state index in [4.69, 9.17) is 16.3 Å². The zero-order valence-corrected chi connectivity index (χ0v) is 12.1. The summed E-state index contributed by atoms with van der Waals surface area (Å²) >= 11 is 5.65. The Morgan fingerprint density at radius 3 is 2.75 bits per heavy atom. The molecule has 4 nitrogen and oxygen atoms in total. The third-order valence-electron chi connectivity index (χ3n) is 1.97. The molecular weight excluding hydrogens is 285 g/mol. The highest BCUT2D eigenvalue weighted by Gasteiger charge is 2.15. The van der Waals surface area contributed by atoms with E-state index >= 15 is 0 Å². The number of aromatic hydroxyl groups is 1. The van der Waals surface area contributed by atoms with E-state index in [1.165, 1.54) is 6.07 Å². The van der Waals surface area contributed by atoms with Gasteiger partial charge in [0.15, 0.2) is 11.6 Å². The second-order valence-corrected chi connectivity index (χ2v) is 5.38. The Kier molecular flexibility index (Phi) is 5.23. The van der Waals surface area contributed by atoms with Gasteiger partial charge >= 0.3 is 6.09 Å². The minimum absolute atomic E-state index is 0.00247. The van der Waals surface area contributed by atoms with Crippen LogP contribution in [0.25, 0.3) is 0 Å². The second-order valence-electron chi connectivity index (χ2n) is 4.94. The average Bonchev–Trinajstić information content (AvgIpc) is 2.28. The molecule has 0 radical (unpaired) electrons. The zero-order valence-electron chi connectivity index (χ0n) is 11.4. The predicted molar refractivity (Wildman–Crippen MR) is 74.2 cm³/mol. The Bertz CT molecular complexity index is 570. The SMILES string of the molecule is CC(C)(C)OC(=O)NCC#Cc1cc(Cl)cc(F)c1O. The molecule has 2 N–H and O–H groups in total. The van der Waals surface area contributed by atoms with Crippen molar-refractivity contribution in [3.8, 4) is 17.6 Å². The van der Waals surface area contributed by atoms with Crippen molar-refractivity contribution in [3.05, 3.63) is 28.5 Å². The molecule has 1 rings (SSSR count). The molecule has 0 saturated heterocycles.